The normalized spacial score (nSPS) is 22.9. The lowest BCUT2D eigenvalue weighted by atomic mass is 9.90. The minimum atomic E-state index is -0.471. The summed E-state index contributed by atoms with van der Waals surface area (Å²) in [4.78, 5) is 18.0. The van der Waals surface area contributed by atoms with Crippen LogP contribution < -0.4 is 5.73 Å². The Morgan fingerprint density at radius 2 is 2.25 bits per heavy atom. The number of carbonyl (C=O) groups is 1. The summed E-state index contributed by atoms with van der Waals surface area (Å²) in [5.41, 5.74) is 6.51. The smallest absolute Gasteiger partial charge is 0.410 e. The molecule has 1 aromatic rings. The molecule has 110 valence electrons. The van der Waals surface area contributed by atoms with Crippen molar-refractivity contribution in [2.45, 2.75) is 32.3 Å². The molecule has 2 heterocycles. The molecule has 0 aromatic carbocycles. The van der Waals surface area contributed by atoms with Gasteiger partial charge in [-0.1, -0.05) is 6.07 Å². The van der Waals surface area contributed by atoms with Crippen LogP contribution in [0.15, 0.2) is 24.5 Å². The summed E-state index contributed by atoms with van der Waals surface area (Å²) in [7, 11) is 0. The third kappa shape index (κ3) is 3.48. The molecule has 5 heteroatoms. The second-order valence-electron chi connectivity index (χ2n) is 6.27. The van der Waals surface area contributed by atoms with Crippen LogP contribution in [0, 0.1) is 5.92 Å². The Morgan fingerprint density at radius 1 is 1.50 bits per heavy atom. The Labute approximate surface area is 120 Å². The zero-order valence-corrected chi connectivity index (χ0v) is 12.4. The predicted molar refractivity (Wildman–Crippen MR) is 77.3 cm³/mol. The zero-order chi connectivity index (χ0) is 14.8. The van der Waals surface area contributed by atoms with Crippen LogP contribution in [0.1, 0.15) is 32.3 Å². The number of nitrogens with two attached hydrogens (primary N) is 1. The van der Waals surface area contributed by atoms with Crippen molar-refractivity contribution in [3.63, 3.8) is 0 Å². The molecule has 0 radical (unpaired) electrons. The van der Waals surface area contributed by atoms with Gasteiger partial charge in [-0.15, -0.1) is 0 Å². The summed E-state index contributed by atoms with van der Waals surface area (Å²) in [6, 6.07) is 3.96. The number of aromatic nitrogens is 1. The fourth-order valence-corrected chi connectivity index (χ4v) is 2.56. The van der Waals surface area contributed by atoms with Crippen molar-refractivity contribution in [1.29, 1.82) is 0 Å². The van der Waals surface area contributed by atoms with Gasteiger partial charge in [0.1, 0.15) is 5.60 Å². The maximum absolute atomic E-state index is 12.1. The molecule has 0 saturated carbocycles. The minimum absolute atomic E-state index is 0.237. The summed E-state index contributed by atoms with van der Waals surface area (Å²) in [5, 5.41) is 0. The Balaban J connectivity index is 2.08. The lowest BCUT2D eigenvalue weighted by Crippen LogP contribution is -2.35. The standard InChI is InChI=1S/C15H23N3O2/c1-15(2,3)20-14(19)18-9-12(7-16)13(10-18)11-5-4-6-17-8-11/h4-6,8,12-13H,7,9-10,16H2,1-3H3. The van der Waals surface area contributed by atoms with Crippen molar-refractivity contribution in [2.24, 2.45) is 11.7 Å². The highest BCUT2D eigenvalue weighted by atomic mass is 16.6. The molecular weight excluding hydrogens is 254 g/mol. The third-order valence-corrected chi connectivity index (χ3v) is 3.51. The van der Waals surface area contributed by atoms with E-state index in [4.69, 9.17) is 10.5 Å². The van der Waals surface area contributed by atoms with E-state index in [1.165, 1.54) is 0 Å². The second-order valence-corrected chi connectivity index (χ2v) is 6.27. The van der Waals surface area contributed by atoms with Crippen molar-refractivity contribution in [3.8, 4) is 0 Å². The topological polar surface area (TPSA) is 68.5 Å². The molecule has 1 aliphatic rings. The zero-order valence-electron chi connectivity index (χ0n) is 12.4. The summed E-state index contributed by atoms with van der Waals surface area (Å²) in [6.45, 7) is 7.46. The molecule has 2 rings (SSSR count). The molecule has 1 aliphatic heterocycles. The molecule has 1 aromatic heterocycles. The first kappa shape index (κ1) is 14.8. The van der Waals surface area contributed by atoms with Gasteiger partial charge in [-0.3, -0.25) is 4.98 Å². The fourth-order valence-electron chi connectivity index (χ4n) is 2.56. The first-order valence-corrected chi connectivity index (χ1v) is 6.98. The first-order chi connectivity index (χ1) is 9.40. The van der Waals surface area contributed by atoms with Crippen LogP contribution in [0.25, 0.3) is 0 Å². The van der Waals surface area contributed by atoms with Crippen molar-refractivity contribution in [2.75, 3.05) is 19.6 Å². The molecule has 1 fully saturated rings. The molecule has 20 heavy (non-hydrogen) atoms. The van der Waals surface area contributed by atoms with Gasteiger partial charge in [-0.25, -0.2) is 4.79 Å². The predicted octanol–water partition coefficient (Wildman–Crippen LogP) is 1.99. The van der Waals surface area contributed by atoms with Crippen LogP contribution in [0.5, 0.6) is 0 Å². The third-order valence-electron chi connectivity index (χ3n) is 3.51. The van der Waals surface area contributed by atoms with Crippen LogP contribution in [0.2, 0.25) is 0 Å². The van der Waals surface area contributed by atoms with Gasteiger partial charge < -0.3 is 15.4 Å². The Morgan fingerprint density at radius 3 is 2.80 bits per heavy atom. The van der Waals surface area contributed by atoms with Gasteiger partial charge >= 0.3 is 6.09 Å². The first-order valence-electron chi connectivity index (χ1n) is 6.98. The number of amides is 1. The molecule has 5 nitrogen and oxygen atoms in total. The van der Waals surface area contributed by atoms with Gasteiger partial charge in [0.2, 0.25) is 0 Å². The Hall–Kier alpha value is -1.62. The number of nitrogens with zero attached hydrogens (tertiary/aromatic N) is 2. The Bertz CT molecular complexity index is 456. The Kier molecular flexibility index (Phi) is 4.28. The van der Waals surface area contributed by atoms with E-state index in [1.807, 2.05) is 39.1 Å². The average molecular weight is 277 g/mol. The summed E-state index contributed by atoms with van der Waals surface area (Å²) in [5.74, 6) is 0.493. The highest BCUT2D eigenvalue weighted by Crippen LogP contribution is 2.32. The largest absolute Gasteiger partial charge is 0.444 e. The van der Waals surface area contributed by atoms with Crippen LogP contribution in [-0.4, -0.2) is 41.2 Å². The number of hydrogen-bond acceptors (Lipinski definition) is 4. The molecular formula is C15H23N3O2. The van der Waals surface area contributed by atoms with Gasteiger partial charge in [-0.2, -0.15) is 0 Å². The monoisotopic (exact) mass is 277 g/mol. The van der Waals surface area contributed by atoms with Gasteiger partial charge in [-0.05, 0) is 44.9 Å². The van der Waals surface area contributed by atoms with Crippen molar-refractivity contribution in [1.82, 2.24) is 9.88 Å². The average Bonchev–Trinajstić information content (AvgIpc) is 2.82. The van der Waals surface area contributed by atoms with Crippen LogP contribution >= 0.6 is 0 Å². The second kappa shape index (κ2) is 5.79. The van der Waals surface area contributed by atoms with Crippen molar-refractivity contribution >= 4 is 6.09 Å². The van der Waals surface area contributed by atoms with E-state index in [1.54, 1.807) is 11.1 Å². The fraction of sp³-hybridized carbons (Fsp3) is 0.600. The van der Waals surface area contributed by atoms with E-state index in [9.17, 15) is 4.79 Å². The van der Waals surface area contributed by atoms with Gasteiger partial charge in [0.25, 0.3) is 0 Å². The maximum atomic E-state index is 12.1. The maximum Gasteiger partial charge on any atom is 0.410 e. The van der Waals surface area contributed by atoms with Crippen LogP contribution in [0.3, 0.4) is 0 Å². The number of likely N-dealkylation sites (tertiary alicyclic amines) is 1. The number of rotatable bonds is 2. The molecule has 2 atom stereocenters. The van der Waals surface area contributed by atoms with E-state index >= 15 is 0 Å². The highest BCUT2D eigenvalue weighted by molar-refractivity contribution is 5.68. The van der Waals surface area contributed by atoms with E-state index in [0.29, 0.717) is 19.6 Å². The molecule has 2 unspecified atom stereocenters. The molecule has 2 N–H and O–H groups in total. The minimum Gasteiger partial charge on any atom is -0.444 e. The van der Waals surface area contributed by atoms with Gasteiger partial charge in [0.05, 0.1) is 0 Å². The van der Waals surface area contributed by atoms with Crippen LogP contribution in [0.4, 0.5) is 4.79 Å². The van der Waals surface area contributed by atoms with E-state index in [2.05, 4.69) is 4.98 Å². The van der Waals surface area contributed by atoms with Gasteiger partial charge in [0, 0.05) is 31.4 Å². The molecule has 0 spiro atoms. The lowest BCUT2D eigenvalue weighted by Gasteiger charge is -2.24. The highest BCUT2D eigenvalue weighted by Gasteiger charge is 2.37. The van der Waals surface area contributed by atoms with Crippen molar-refractivity contribution in [3.05, 3.63) is 30.1 Å². The van der Waals surface area contributed by atoms with E-state index in [-0.39, 0.29) is 17.9 Å². The number of pyridine rings is 1. The number of hydrogen-bond donors (Lipinski definition) is 1. The molecule has 0 aliphatic carbocycles. The van der Waals surface area contributed by atoms with Gasteiger partial charge in [0.15, 0.2) is 0 Å². The molecule has 1 amide bonds. The van der Waals surface area contributed by atoms with Crippen molar-refractivity contribution < 1.29 is 9.53 Å². The lowest BCUT2D eigenvalue weighted by molar-refractivity contribution is 0.0287. The summed E-state index contributed by atoms with van der Waals surface area (Å²) in [6.07, 6.45) is 3.34. The van der Waals surface area contributed by atoms with E-state index < -0.39 is 5.60 Å². The quantitative estimate of drug-likeness (QED) is 0.897. The molecule has 0 bridgehead atoms. The summed E-state index contributed by atoms with van der Waals surface area (Å²) >= 11 is 0. The van der Waals surface area contributed by atoms with E-state index in [0.717, 1.165) is 5.56 Å². The molecule has 1 saturated heterocycles. The summed E-state index contributed by atoms with van der Waals surface area (Å²) < 4.78 is 5.43. The van der Waals surface area contributed by atoms with Crippen LogP contribution in [-0.2, 0) is 4.74 Å². The number of ether oxygens (including phenoxy) is 1. The number of carbonyl (C=O) groups excluding carboxylic acids is 1. The SMILES string of the molecule is CC(C)(C)OC(=O)N1CC(CN)C(c2cccnc2)C1.